The number of nitrogens with one attached hydrogen (secondary N) is 1. The largest absolute Gasteiger partial charge is 0.486 e. The van der Waals surface area contributed by atoms with Crippen molar-refractivity contribution in [2.24, 2.45) is 0 Å². The van der Waals surface area contributed by atoms with E-state index in [1.54, 1.807) is 6.07 Å². The van der Waals surface area contributed by atoms with Gasteiger partial charge in [-0.1, -0.05) is 30.3 Å². The summed E-state index contributed by atoms with van der Waals surface area (Å²) in [6, 6.07) is 14.4. The number of aryl methyl sites for hydroxylation is 1. The molecule has 0 aromatic heterocycles. The van der Waals surface area contributed by atoms with Gasteiger partial charge in [0.1, 0.15) is 13.2 Å². The maximum atomic E-state index is 12.8. The van der Waals surface area contributed by atoms with Crippen LogP contribution >= 0.6 is 0 Å². The molecule has 29 heavy (non-hydrogen) atoms. The molecule has 3 rings (SSSR count). The van der Waals surface area contributed by atoms with Crippen molar-refractivity contribution < 1.29 is 22.7 Å². The molecule has 8 heteroatoms. The smallest absolute Gasteiger partial charge is 0.243 e. The van der Waals surface area contributed by atoms with E-state index < -0.39 is 10.0 Å². The molecule has 1 aliphatic rings. The van der Waals surface area contributed by atoms with Gasteiger partial charge in [-0.25, -0.2) is 8.42 Å². The Balaban J connectivity index is 1.55. The van der Waals surface area contributed by atoms with E-state index in [9.17, 15) is 13.2 Å². The summed E-state index contributed by atoms with van der Waals surface area (Å²) in [6.07, 6.45) is 1.61. The molecule has 1 N–H and O–H groups in total. The molecule has 156 valence electrons. The minimum absolute atomic E-state index is 0.0619. The third-order valence-corrected chi connectivity index (χ3v) is 6.50. The summed E-state index contributed by atoms with van der Waals surface area (Å²) in [5, 5.41) is 2.86. The molecule has 0 aliphatic carbocycles. The molecular formula is C21H26N2O5S. The van der Waals surface area contributed by atoms with Crippen molar-refractivity contribution in [3.8, 4) is 11.5 Å². The Morgan fingerprint density at radius 2 is 1.79 bits per heavy atom. The first-order valence-electron chi connectivity index (χ1n) is 9.55. The Hall–Kier alpha value is -2.58. The van der Waals surface area contributed by atoms with Crippen LogP contribution in [0.2, 0.25) is 0 Å². The number of likely N-dealkylation sites (N-methyl/N-ethyl adjacent to an activating group) is 1. The molecular weight excluding hydrogens is 392 g/mol. The predicted octanol–water partition coefficient (Wildman–Crippen LogP) is 2.22. The number of hydrogen-bond donors (Lipinski definition) is 1. The zero-order valence-electron chi connectivity index (χ0n) is 16.6. The topological polar surface area (TPSA) is 84.9 Å². The van der Waals surface area contributed by atoms with Gasteiger partial charge in [0.05, 0.1) is 11.4 Å². The summed E-state index contributed by atoms with van der Waals surface area (Å²) < 4.78 is 37.5. The lowest BCUT2D eigenvalue weighted by atomic mass is 10.1. The summed E-state index contributed by atoms with van der Waals surface area (Å²) in [7, 11) is -2.43. The summed E-state index contributed by atoms with van der Waals surface area (Å²) in [6.45, 7) is 2.46. The molecule has 0 radical (unpaired) electrons. The second-order valence-electron chi connectivity index (χ2n) is 7.06. The van der Waals surface area contributed by atoms with Crippen LogP contribution in [0.5, 0.6) is 11.5 Å². The number of rotatable bonds is 8. The van der Waals surface area contributed by atoms with E-state index >= 15 is 0 Å². The highest BCUT2D eigenvalue weighted by atomic mass is 32.2. The monoisotopic (exact) mass is 418 g/mol. The number of fused-ring (bicyclic) bond motifs is 1. The number of carbonyl (C=O) groups excluding carboxylic acids is 1. The lowest BCUT2D eigenvalue weighted by Crippen LogP contribution is -2.41. The Morgan fingerprint density at radius 3 is 2.52 bits per heavy atom. The fourth-order valence-corrected chi connectivity index (χ4v) is 4.21. The van der Waals surface area contributed by atoms with Gasteiger partial charge in [0.2, 0.25) is 15.9 Å². The Morgan fingerprint density at radius 1 is 1.10 bits per heavy atom. The van der Waals surface area contributed by atoms with Gasteiger partial charge in [-0.2, -0.15) is 4.31 Å². The third kappa shape index (κ3) is 5.48. The highest BCUT2D eigenvalue weighted by Crippen LogP contribution is 2.32. The van der Waals surface area contributed by atoms with Crippen molar-refractivity contribution in [3.05, 3.63) is 54.1 Å². The van der Waals surface area contributed by atoms with Crippen LogP contribution in [0, 0.1) is 0 Å². The standard InChI is InChI=1S/C21H26N2O5S/c1-16(8-9-17-6-4-3-5-7-17)22-21(24)15-23(2)29(25,26)18-10-11-19-20(14-18)28-13-12-27-19/h3-7,10-11,14,16H,8-9,12-13,15H2,1-2H3,(H,22,24)/t16-/m0/s1. The van der Waals surface area contributed by atoms with Crippen molar-refractivity contribution in [2.45, 2.75) is 30.7 Å². The van der Waals surface area contributed by atoms with Crippen LogP contribution in [-0.4, -0.2) is 51.5 Å². The lowest BCUT2D eigenvalue weighted by molar-refractivity contribution is -0.121. The molecule has 0 saturated heterocycles. The molecule has 0 bridgehead atoms. The number of hydrogen-bond acceptors (Lipinski definition) is 5. The van der Waals surface area contributed by atoms with Crippen molar-refractivity contribution in [2.75, 3.05) is 26.8 Å². The quantitative estimate of drug-likeness (QED) is 0.711. The third-order valence-electron chi connectivity index (χ3n) is 4.70. The second kappa shape index (κ2) is 9.28. The molecule has 0 fully saturated rings. The number of ether oxygens (including phenoxy) is 2. The van der Waals surface area contributed by atoms with E-state index in [0.717, 1.165) is 17.1 Å². The fraction of sp³-hybridized carbons (Fsp3) is 0.381. The zero-order chi connectivity index (χ0) is 20.9. The van der Waals surface area contributed by atoms with E-state index in [2.05, 4.69) is 5.32 Å². The van der Waals surface area contributed by atoms with Crippen LogP contribution in [-0.2, 0) is 21.2 Å². The van der Waals surface area contributed by atoms with Crippen LogP contribution in [0.25, 0.3) is 0 Å². The minimum Gasteiger partial charge on any atom is -0.486 e. The summed E-state index contributed by atoms with van der Waals surface area (Å²) in [5.41, 5.74) is 1.20. The van der Waals surface area contributed by atoms with Gasteiger partial charge in [0.25, 0.3) is 0 Å². The van der Waals surface area contributed by atoms with E-state index in [1.807, 2.05) is 37.3 Å². The Bertz CT molecular complexity index is 947. The molecule has 1 heterocycles. The van der Waals surface area contributed by atoms with Crippen LogP contribution in [0.4, 0.5) is 0 Å². The second-order valence-corrected chi connectivity index (χ2v) is 9.10. The Kier molecular flexibility index (Phi) is 6.76. The van der Waals surface area contributed by atoms with Crippen LogP contribution < -0.4 is 14.8 Å². The van der Waals surface area contributed by atoms with Crippen LogP contribution in [0.15, 0.2) is 53.4 Å². The van der Waals surface area contributed by atoms with E-state index in [-0.39, 0.29) is 23.4 Å². The molecule has 1 amide bonds. The van der Waals surface area contributed by atoms with Gasteiger partial charge in [0, 0.05) is 19.2 Å². The van der Waals surface area contributed by atoms with Crippen molar-refractivity contribution >= 4 is 15.9 Å². The first-order chi connectivity index (χ1) is 13.9. The number of carbonyl (C=O) groups is 1. The molecule has 0 saturated carbocycles. The van der Waals surface area contributed by atoms with Crippen molar-refractivity contribution in [1.82, 2.24) is 9.62 Å². The van der Waals surface area contributed by atoms with Crippen molar-refractivity contribution in [1.29, 1.82) is 0 Å². The lowest BCUT2D eigenvalue weighted by Gasteiger charge is -2.21. The molecule has 1 aliphatic heterocycles. The van der Waals surface area contributed by atoms with Gasteiger partial charge in [0.15, 0.2) is 11.5 Å². The average Bonchev–Trinajstić information content (AvgIpc) is 2.72. The van der Waals surface area contributed by atoms with Gasteiger partial charge in [-0.15, -0.1) is 0 Å². The highest BCUT2D eigenvalue weighted by Gasteiger charge is 2.25. The summed E-state index contributed by atoms with van der Waals surface area (Å²) in [4.78, 5) is 12.4. The number of nitrogens with zero attached hydrogens (tertiary/aromatic N) is 1. The van der Waals surface area contributed by atoms with E-state index in [4.69, 9.17) is 9.47 Å². The maximum absolute atomic E-state index is 12.8. The molecule has 0 spiro atoms. The first kappa shape index (κ1) is 21.1. The fourth-order valence-electron chi connectivity index (χ4n) is 3.07. The van der Waals surface area contributed by atoms with Gasteiger partial charge in [-0.3, -0.25) is 4.79 Å². The molecule has 2 aromatic carbocycles. The number of amides is 1. The maximum Gasteiger partial charge on any atom is 0.243 e. The number of sulfonamides is 1. The van der Waals surface area contributed by atoms with Gasteiger partial charge < -0.3 is 14.8 Å². The first-order valence-corrected chi connectivity index (χ1v) is 11.0. The SMILES string of the molecule is C[C@@H](CCc1ccccc1)NC(=O)CN(C)S(=O)(=O)c1ccc2c(c1)OCCO2. The van der Waals surface area contributed by atoms with Crippen LogP contribution in [0.1, 0.15) is 18.9 Å². The molecule has 1 atom stereocenters. The Labute approximate surface area is 171 Å². The minimum atomic E-state index is -3.82. The average molecular weight is 419 g/mol. The van der Waals surface area contributed by atoms with Crippen LogP contribution in [0.3, 0.4) is 0 Å². The zero-order valence-corrected chi connectivity index (χ0v) is 17.4. The van der Waals surface area contributed by atoms with Gasteiger partial charge >= 0.3 is 0 Å². The molecule has 0 unspecified atom stereocenters. The molecule has 7 nitrogen and oxygen atoms in total. The van der Waals surface area contributed by atoms with E-state index in [1.165, 1.54) is 24.7 Å². The van der Waals surface area contributed by atoms with E-state index in [0.29, 0.717) is 24.7 Å². The predicted molar refractivity (Wildman–Crippen MR) is 110 cm³/mol. The number of benzene rings is 2. The van der Waals surface area contributed by atoms with Crippen molar-refractivity contribution in [3.63, 3.8) is 0 Å². The highest BCUT2D eigenvalue weighted by molar-refractivity contribution is 7.89. The summed E-state index contributed by atoms with van der Waals surface area (Å²) in [5.74, 6) is 0.571. The normalized spacial score (nSPS) is 14.4. The van der Waals surface area contributed by atoms with Gasteiger partial charge in [-0.05, 0) is 37.5 Å². The summed E-state index contributed by atoms with van der Waals surface area (Å²) >= 11 is 0. The molecule has 2 aromatic rings.